The maximum absolute atomic E-state index is 12.1. The van der Waals surface area contributed by atoms with Crippen molar-refractivity contribution in [2.75, 3.05) is 20.1 Å². The van der Waals surface area contributed by atoms with E-state index in [-0.39, 0.29) is 5.91 Å². The number of piperidine rings is 1. The fraction of sp³-hybridized carbons (Fsp3) is 0.583. The Morgan fingerprint density at radius 3 is 2.78 bits per heavy atom. The number of thiazole rings is 1. The van der Waals surface area contributed by atoms with Gasteiger partial charge >= 0.3 is 0 Å². The second kappa shape index (κ2) is 5.04. The predicted molar refractivity (Wildman–Crippen MR) is 69.4 cm³/mol. The molecule has 0 atom stereocenters. The van der Waals surface area contributed by atoms with Gasteiger partial charge in [0.25, 0.3) is 5.91 Å². The van der Waals surface area contributed by atoms with Crippen LogP contribution in [0.15, 0.2) is 6.20 Å². The highest BCUT2D eigenvalue weighted by atomic mass is 32.1. The number of aromatic nitrogens is 1. The molecule has 0 unspecified atom stereocenters. The molecule has 1 fully saturated rings. The lowest BCUT2D eigenvalue weighted by Gasteiger charge is -2.35. The number of hydrogen-bond donors (Lipinski definition) is 1. The minimum Gasteiger partial charge on any atom is -0.333 e. The lowest BCUT2D eigenvalue weighted by Crippen LogP contribution is -2.53. The lowest BCUT2D eigenvalue weighted by molar-refractivity contribution is 0.0886. The molecule has 1 aromatic heterocycles. The number of aryl methyl sites for hydroxylation is 1. The summed E-state index contributed by atoms with van der Waals surface area (Å²) in [7, 11) is 2.02. The summed E-state index contributed by atoms with van der Waals surface area (Å²) in [5.41, 5.74) is -0.721. The topological polar surface area (TPSA) is 69.0 Å². The fourth-order valence-electron chi connectivity index (χ4n) is 2.01. The minimum atomic E-state index is -0.721. The molecular formula is C12H16N4OS. The van der Waals surface area contributed by atoms with Crippen molar-refractivity contribution in [1.82, 2.24) is 15.2 Å². The summed E-state index contributed by atoms with van der Waals surface area (Å²) in [6.07, 6.45) is 2.91. The maximum Gasteiger partial charge on any atom is 0.264 e. The van der Waals surface area contributed by atoms with E-state index in [0.29, 0.717) is 17.7 Å². The smallest absolute Gasteiger partial charge is 0.264 e. The summed E-state index contributed by atoms with van der Waals surface area (Å²) in [5.74, 6) is -0.188. The lowest BCUT2D eigenvalue weighted by atomic mass is 9.89. The molecule has 1 amide bonds. The summed E-state index contributed by atoms with van der Waals surface area (Å²) in [4.78, 5) is 18.9. The van der Waals surface area contributed by atoms with Crippen molar-refractivity contribution < 1.29 is 4.79 Å². The van der Waals surface area contributed by atoms with Crippen LogP contribution in [0.25, 0.3) is 0 Å². The summed E-state index contributed by atoms with van der Waals surface area (Å²) >= 11 is 1.35. The van der Waals surface area contributed by atoms with Crippen molar-refractivity contribution >= 4 is 17.2 Å². The average molecular weight is 264 g/mol. The third-order valence-electron chi connectivity index (χ3n) is 3.25. The fourth-order valence-corrected chi connectivity index (χ4v) is 2.68. The maximum atomic E-state index is 12.1. The molecule has 0 bridgehead atoms. The molecule has 6 heteroatoms. The van der Waals surface area contributed by atoms with Crippen LogP contribution in [0.3, 0.4) is 0 Å². The minimum absolute atomic E-state index is 0.188. The highest BCUT2D eigenvalue weighted by molar-refractivity contribution is 7.13. The van der Waals surface area contributed by atoms with Gasteiger partial charge < -0.3 is 10.2 Å². The number of carbonyl (C=O) groups excluding carboxylic acids is 1. The van der Waals surface area contributed by atoms with E-state index in [9.17, 15) is 10.1 Å². The molecular weight excluding hydrogens is 248 g/mol. The Morgan fingerprint density at radius 2 is 2.28 bits per heavy atom. The monoisotopic (exact) mass is 264 g/mol. The van der Waals surface area contributed by atoms with Crippen molar-refractivity contribution in [3.05, 3.63) is 16.1 Å². The van der Waals surface area contributed by atoms with Crippen LogP contribution in [-0.4, -0.2) is 41.5 Å². The van der Waals surface area contributed by atoms with Gasteiger partial charge in [-0.25, -0.2) is 4.98 Å². The third kappa shape index (κ3) is 2.68. The zero-order valence-corrected chi connectivity index (χ0v) is 11.4. The van der Waals surface area contributed by atoms with Gasteiger partial charge in [0, 0.05) is 13.1 Å². The predicted octanol–water partition coefficient (Wildman–Crippen LogP) is 1.17. The van der Waals surface area contributed by atoms with Gasteiger partial charge in [-0.3, -0.25) is 4.79 Å². The number of amides is 1. The molecule has 1 saturated heterocycles. The van der Waals surface area contributed by atoms with Crippen molar-refractivity contribution in [1.29, 1.82) is 5.26 Å². The first kappa shape index (κ1) is 13.0. The van der Waals surface area contributed by atoms with E-state index in [0.717, 1.165) is 18.1 Å². The Bertz CT molecular complexity index is 483. The van der Waals surface area contributed by atoms with Gasteiger partial charge in [0.2, 0.25) is 0 Å². The Morgan fingerprint density at radius 1 is 1.61 bits per heavy atom. The highest BCUT2D eigenvalue weighted by Gasteiger charge is 2.35. The number of hydrogen-bond acceptors (Lipinski definition) is 5. The molecule has 1 aliphatic rings. The first-order chi connectivity index (χ1) is 8.54. The van der Waals surface area contributed by atoms with Gasteiger partial charge in [-0.05, 0) is 26.8 Å². The second-order valence-corrected chi connectivity index (χ2v) is 5.93. The number of nitrogens with one attached hydrogen (secondary N) is 1. The van der Waals surface area contributed by atoms with E-state index in [1.165, 1.54) is 11.3 Å². The van der Waals surface area contributed by atoms with Crippen LogP contribution in [0.1, 0.15) is 27.5 Å². The largest absolute Gasteiger partial charge is 0.333 e. The molecule has 0 saturated carbocycles. The number of nitrogens with zero attached hydrogens (tertiary/aromatic N) is 3. The van der Waals surface area contributed by atoms with Crippen molar-refractivity contribution in [3.63, 3.8) is 0 Å². The first-order valence-electron chi connectivity index (χ1n) is 5.89. The van der Waals surface area contributed by atoms with E-state index in [1.807, 2.05) is 14.0 Å². The molecule has 18 heavy (non-hydrogen) atoms. The number of likely N-dealkylation sites (tertiary alicyclic amines) is 1. The molecule has 1 aromatic rings. The van der Waals surface area contributed by atoms with Gasteiger partial charge in [0.05, 0.1) is 17.3 Å². The molecule has 0 aromatic carbocycles. The van der Waals surface area contributed by atoms with Crippen LogP contribution < -0.4 is 5.32 Å². The Hall–Kier alpha value is -1.45. The molecule has 0 spiro atoms. The summed E-state index contributed by atoms with van der Waals surface area (Å²) in [5, 5.41) is 13.1. The number of rotatable bonds is 2. The molecule has 1 aliphatic heterocycles. The Kier molecular flexibility index (Phi) is 3.64. The quantitative estimate of drug-likeness (QED) is 0.870. The number of carbonyl (C=O) groups is 1. The van der Waals surface area contributed by atoms with Gasteiger partial charge in [-0.2, -0.15) is 5.26 Å². The van der Waals surface area contributed by atoms with Crippen LogP contribution in [0.2, 0.25) is 0 Å². The molecule has 5 nitrogen and oxygen atoms in total. The number of nitriles is 1. The Labute approximate surface area is 110 Å². The van der Waals surface area contributed by atoms with Crippen LogP contribution in [0.5, 0.6) is 0 Å². The summed E-state index contributed by atoms with van der Waals surface area (Å²) in [6.45, 7) is 3.52. The molecule has 2 rings (SSSR count). The van der Waals surface area contributed by atoms with Crippen molar-refractivity contribution in [3.8, 4) is 6.07 Å². The zero-order valence-electron chi connectivity index (χ0n) is 10.6. The summed E-state index contributed by atoms with van der Waals surface area (Å²) in [6, 6.07) is 2.27. The van der Waals surface area contributed by atoms with Crippen LogP contribution in [0, 0.1) is 18.3 Å². The zero-order chi connectivity index (χ0) is 13.2. The van der Waals surface area contributed by atoms with E-state index in [2.05, 4.69) is 21.3 Å². The highest BCUT2D eigenvalue weighted by Crippen LogP contribution is 2.22. The van der Waals surface area contributed by atoms with Gasteiger partial charge in [0.15, 0.2) is 0 Å². The molecule has 96 valence electrons. The van der Waals surface area contributed by atoms with Gasteiger partial charge in [-0.15, -0.1) is 11.3 Å². The van der Waals surface area contributed by atoms with E-state index >= 15 is 0 Å². The summed E-state index contributed by atoms with van der Waals surface area (Å²) < 4.78 is 0. The van der Waals surface area contributed by atoms with Crippen molar-refractivity contribution in [2.45, 2.75) is 25.3 Å². The van der Waals surface area contributed by atoms with Gasteiger partial charge in [0.1, 0.15) is 10.4 Å². The van der Waals surface area contributed by atoms with E-state index in [1.54, 1.807) is 6.20 Å². The molecule has 1 N–H and O–H groups in total. The van der Waals surface area contributed by atoms with Crippen molar-refractivity contribution in [2.24, 2.45) is 0 Å². The normalized spacial score (nSPS) is 19.2. The van der Waals surface area contributed by atoms with E-state index in [4.69, 9.17) is 0 Å². The Balaban J connectivity index is 2.07. The van der Waals surface area contributed by atoms with Crippen LogP contribution in [-0.2, 0) is 0 Å². The SMILES string of the molecule is Cc1ncc(C(=O)NC2(C#N)CCN(C)CC2)s1. The average Bonchev–Trinajstić information content (AvgIpc) is 2.79. The molecule has 0 aliphatic carbocycles. The van der Waals surface area contributed by atoms with E-state index < -0.39 is 5.54 Å². The third-order valence-corrected chi connectivity index (χ3v) is 4.16. The first-order valence-corrected chi connectivity index (χ1v) is 6.71. The standard InChI is InChI=1S/C12H16N4OS/c1-9-14-7-10(18-9)11(17)15-12(8-13)3-5-16(2)6-4-12/h7H,3-6H2,1-2H3,(H,15,17). The van der Waals surface area contributed by atoms with Crippen LogP contribution in [0.4, 0.5) is 0 Å². The van der Waals surface area contributed by atoms with Crippen LogP contribution >= 0.6 is 11.3 Å². The van der Waals surface area contributed by atoms with Gasteiger partial charge in [-0.1, -0.05) is 0 Å². The molecule has 2 heterocycles. The molecule has 0 radical (unpaired) electrons. The second-order valence-electron chi connectivity index (χ2n) is 4.69.